The molecule has 4 rings (SSSR count). The smallest absolute Gasteiger partial charge is 0.338 e. The number of hydrogen-bond donors (Lipinski definition) is 0. The van der Waals surface area contributed by atoms with Gasteiger partial charge in [0.2, 0.25) is 10.0 Å². The first kappa shape index (κ1) is 23.4. The van der Waals surface area contributed by atoms with Crippen molar-refractivity contribution in [3.63, 3.8) is 0 Å². The molecule has 2 heterocycles. The number of amides is 1. The third kappa shape index (κ3) is 5.26. The molecular weight excluding hydrogens is 444 g/mol. The summed E-state index contributed by atoms with van der Waals surface area (Å²) in [5.74, 6) is -0.925. The van der Waals surface area contributed by atoms with Crippen LogP contribution in [0.2, 0.25) is 0 Å². The number of fused-ring (bicyclic) bond motifs is 1. The Hall–Kier alpha value is -2.75. The molecule has 2 aromatic carbocycles. The van der Waals surface area contributed by atoms with Crippen LogP contribution in [0.4, 0.5) is 0 Å². The molecule has 1 fully saturated rings. The highest BCUT2D eigenvalue weighted by Crippen LogP contribution is 2.22. The molecule has 2 atom stereocenters. The Labute approximate surface area is 194 Å². The zero-order valence-electron chi connectivity index (χ0n) is 18.8. The summed E-state index contributed by atoms with van der Waals surface area (Å²) in [5, 5.41) is 0. The second kappa shape index (κ2) is 9.62. The normalized spacial score (nSPS) is 21.3. The first-order chi connectivity index (χ1) is 15.7. The van der Waals surface area contributed by atoms with Crippen LogP contribution in [-0.2, 0) is 37.3 Å². The maximum atomic E-state index is 12.9. The van der Waals surface area contributed by atoms with Gasteiger partial charge in [-0.05, 0) is 55.7 Å². The second-order valence-electron chi connectivity index (χ2n) is 8.51. The van der Waals surface area contributed by atoms with Gasteiger partial charge in [-0.25, -0.2) is 13.2 Å². The van der Waals surface area contributed by atoms with Gasteiger partial charge >= 0.3 is 5.97 Å². The van der Waals surface area contributed by atoms with Gasteiger partial charge in [0.05, 0.1) is 22.7 Å². The predicted octanol–water partition coefficient (Wildman–Crippen LogP) is 2.23. The van der Waals surface area contributed by atoms with Gasteiger partial charge in [0.25, 0.3) is 5.91 Å². The Morgan fingerprint density at radius 3 is 2.30 bits per heavy atom. The lowest BCUT2D eigenvalue weighted by atomic mass is 10.00. The van der Waals surface area contributed by atoms with Gasteiger partial charge in [0, 0.05) is 26.2 Å². The molecule has 33 heavy (non-hydrogen) atoms. The van der Waals surface area contributed by atoms with E-state index in [1.54, 1.807) is 4.90 Å². The third-order valence-electron chi connectivity index (χ3n) is 5.92. The highest BCUT2D eigenvalue weighted by Gasteiger charge is 2.32. The number of benzene rings is 2. The number of morpholine rings is 1. The van der Waals surface area contributed by atoms with E-state index in [0.717, 1.165) is 12.0 Å². The zero-order chi connectivity index (χ0) is 23.6. The van der Waals surface area contributed by atoms with Gasteiger partial charge in [0.15, 0.2) is 6.61 Å². The fourth-order valence-corrected chi connectivity index (χ4v) is 5.84. The minimum absolute atomic E-state index is 0.100. The first-order valence-corrected chi connectivity index (χ1v) is 12.5. The fraction of sp³-hybridized carbons (Fsp3) is 0.417. The van der Waals surface area contributed by atoms with Crippen LogP contribution >= 0.6 is 0 Å². The van der Waals surface area contributed by atoms with Crippen LogP contribution in [0.3, 0.4) is 0 Å². The number of esters is 1. The van der Waals surface area contributed by atoms with Crippen molar-refractivity contribution in [2.75, 3.05) is 26.2 Å². The molecule has 176 valence electrons. The Morgan fingerprint density at radius 2 is 1.64 bits per heavy atom. The maximum absolute atomic E-state index is 12.9. The zero-order valence-corrected chi connectivity index (χ0v) is 19.6. The lowest BCUT2D eigenvalue weighted by molar-refractivity contribution is -0.135. The summed E-state index contributed by atoms with van der Waals surface area (Å²) in [4.78, 5) is 26.7. The highest BCUT2D eigenvalue weighted by atomic mass is 32.2. The molecule has 1 saturated heterocycles. The fourth-order valence-electron chi connectivity index (χ4n) is 4.25. The van der Waals surface area contributed by atoms with Gasteiger partial charge in [-0.15, -0.1) is 0 Å². The average Bonchev–Trinajstić information content (AvgIpc) is 2.81. The molecule has 0 aliphatic carbocycles. The largest absolute Gasteiger partial charge is 0.452 e. The van der Waals surface area contributed by atoms with Crippen LogP contribution in [0.15, 0.2) is 53.4 Å². The average molecular weight is 473 g/mol. The quantitative estimate of drug-likeness (QED) is 0.620. The standard InChI is InChI=1S/C24H28N2O6S/c1-17-13-26(14-18(2)32-17)33(29,30)22-9-7-20(8-10-22)24(28)31-16-23(27)25-12-11-19-5-3-4-6-21(19)15-25/h3-10,17-18H,11-16H2,1-2H3. The van der Waals surface area contributed by atoms with E-state index in [4.69, 9.17) is 9.47 Å². The predicted molar refractivity (Wildman–Crippen MR) is 121 cm³/mol. The van der Waals surface area contributed by atoms with E-state index in [9.17, 15) is 18.0 Å². The van der Waals surface area contributed by atoms with Crippen molar-refractivity contribution in [3.05, 3.63) is 65.2 Å². The van der Waals surface area contributed by atoms with E-state index in [0.29, 0.717) is 13.1 Å². The van der Waals surface area contributed by atoms with Crippen molar-refractivity contribution in [2.45, 2.75) is 43.9 Å². The van der Waals surface area contributed by atoms with Crippen molar-refractivity contribution >= 4 is 21.9 Å². The van der Waals surface area contributed by atoms with E-state index in [2.05, 4.69) is 6.07 Å². The Bertz CT molecular complexity index is 1120. The Balaban J connectivity index is 1.34. The van der Waals surface area contributed by atoms with Crippen molar-refractivity contribution in [2.24, 2.45) is 0 Å². The molecule has 2 aliphatic rings. The van der Waals surface area contributed by atoms with Gasteiger partial charge in [-0.1, -0.05) is 24.3 Å². The minimum Gasteiger partial charge on any atom is -0.452 e. The van der Waals surface area contributed by atoms with Crippen LogP contribution in [0.1, 0.15) is 35.3 Å². The molecule has 2 unspecified atom stereocenters. The van der Waals surface area contributed by atoms with E-state index in [-0.39, 0.29) is 48.3 Å². The summed E-state index contributed by atoms with van der Waals surface area (Å²) in [6, 6.07) is 13.6. The van der Waals surface area contributed by atoms with E-state index < -0.39 is 16.0 Å². The number of hydrogen-bond acceptors (Lipinski definition) is 6. The van der Waals surface area contributed by atoms with E-state index >= 15 is 0 Å². The monoisotopic (exact) mass is 472 g/mol. The molecule has 0 radical (unpaired) electrons. The van der Waals surface area contributed by atoms with Crippen molar-refractivity contribution < 1.29 is 27.5 Å². The van der Waals surface area contributed by atoms with Crippen LogP contribution in [0.5, 0.6) is 0 Å². The van der Waals surface area contributed by atoms with Crippen molar-refractivity contribution in [1.29, 1.82) is 0 Å². The molecule has 8 nitrogen and oxygen atoms in total. The number of carbonyl (C=O) groups is 2. The van der Waals surface area contributed by atoms with Crippen molar-refractivity contribution in [3.8, 4) is 0 Å². The summed E-state index contributed by atoms with van der Waals surface area (Å²) in [7, 11) is -3.69. The topological polar surface area (TPSA) is 93.2 Å². The molecule has 0 saturated carbocycles. The summed E-state index contributed by atoms with van der Waals surface area (Å²) in [6.07, 6.45) is 0.388. The number of sulfonamides is 1. The summed E-state index contributed by atoms with van der Waals surface area (Å²) >= 11 is 0. The van der Waals surface area contributed by atoms with Crippen LogP contribution < -0.4 is 0 Å². The van der Waals surface area contributed by atoms with E-state index in [1.807, 2.05) is 32.0 Å². The molecule has 0 bridgehead atoms. The molecule has 0 aromatic heterocycles. The lowest BCUT2D eigenvalue weighted by Crippen LogP contribution is -2.48. The second-order valence-corrected chi connectivity index (χ2v) is 10.5. The Morgan fingerprint density at radius 1 is 1.00 bits per heavy atom. The molecule has 0 N–H and O–H groups in total. The molecule has 9 heteroatoms. The van der Waals surface area contributed by atoms with Gasteiger partial charge in [-0.2, -0.15) is 4.31 Å². The molecule has 2 aliphatic heterocycles. The van der Waals surface area contributed by atoms with Gasteiger partial charge in [-0.3, -0.25) is 4.79 Å². The molecule has 1 amide bonds. The minimum atomic E-state index is -3.69. The lowest BCUT2D eigenvalue weighted by Gasteiger charge is -2.34. The summed E-state index contributed by atoms with van der Waals surface area (Å²) < 4.78 is 38.1. The molecule has 0 spiro atoms. The van der Waals surface area contributed by atoms with Crippen LogP contribution in [0, 0.1) is 0 Å². The van der Waals surface area contributed by atoms with Gasteiger partial charge < -0.3 is 14.4 Å². The number of nitrogens with zero attached hydrogens (tertiary/aromatic N) is 2. The Kier molecular flexibility index (Phi) is 6.83. The first-order valence-electron chi connectivity index (χ1n) is 11.0. The number of carbonyl (C=O) groups excluding carboxylic acids is 2. The third-order valence-corrected chi connectivity index (χ3v) is 7.77. The van der Waals surface area contributed by atoms with Gasteiger partial charge in [0.1, 0.15) is 0 Å². The number of ether oxygens (including phenoxy) is 2. The number of rotatable bonds is 5. The molecular formula is C24H28N2O6S. The maximum Gasteiger partial charge on any atom is 0.338 e. The van der Waals surface area contributed by atoms with Crippen LogP contribution in [-0.4, -0.2) is 67.9 Å². The highest BCUT2D eigenvalue weighted by molar-refractivity contribution is 7.89. The van der Waals surface area contributed by atoms with Crippen molar-refractivity contribution in [1.82, 2.24) is 9.21 Å². The summed E-state index contributed by atoms with van der Waals surface area (Å²) in [6.45, 7) is 4.95. The van der Waals surface area contributed by atoms with E-state index in [1.165, 1.54) is 34.1 Å². The van der Waals surface area contributed by atoms with Crippen LogP contribution in [0.25, 0.3) is 0 Å². The summed E-state index contributed by atoms with van der Waals surface area (Å²) in [5.41, 5.74) is 2.52. The SMILES string of the molecule is CC1CN(S(=O)(=O)c2ccc(C(=O)OCC(=O)N3CCc4ccccc4C3)cc2)CC(C)O1. The molecule has 2 aromatic rings.